The first-order valence-corrected chi connectivity index (χ1v) is 48.6. The molecule has 12 aromatic rings. The smallest absolute Gasteiger partial charge is 0.251 e. The van der Waals surface area contributed by atoms with Crippen molar-refractivity contribution in [3.05, 3.63) is 332 Å². The molecule has 5 saturated heterocycles. The second-order valence-electron chi connectivity index (χ2n) is 37.2. The van der Waals surface area contributed by atoms with Gasteiger partial charge >= 0.3 is 0 Å². The molecule has 4 aromatic heterocycles. The molecule has 9 heterocycles. The summed E-state index contributed by atoms with van der Waals surface area (Å²) >= 11 is 0. The van der Waals surface area contributed by atoms with Crippen LogP contribution in [0, 0.1) is 87.9 Å². The molecule has 0 saturated carbocycles. The number of ketones is 1. The first kappa shape index (κ1) is 101. The number of likely N-dealkylation sites (tertiary alicyclic amines) is 1. The highest BCUT2D eigenvalue weighted by Gasteiger charge is 2.31. The van der Waals surface area contributed by atoms with Gasteiger partial charge in [-0.25, -0.2) is 17.6 Å². The van der Waals surface area contributed by atoms with Crippen molar-refractivity contribution >= 4 is 52.2 Å². The number of aromatic amines is 4. The molecule has 0 bridgehead atoms. The molecule has 0 radical (unpaired) electrons. The number of nitrogens with one attached hydrogen (secondary N) is 8. The monoisotopic (exact) mass is 1890 g/mol. The number of benzene rings is 8. The van der Waals surface area contributed by atoms with Gasteiger partial charge in [-0.05, 0) is 312 Å². The van der Waals surface area contributed by atoms with Gasteiger partial charge in [0, 0.05) is 177 Å². The summed E-state index contributed by atoms with van der Waals surface area (Å²) in [5.41, 5.74) is 16.8. The number of amides is 4. The van der Waals surface area contributed by atoms with E-state index in [9.17, 15) is 41.5 Å². The molecule has 3 atom stereocenters. The number of aryl methyl sites for hydroxylation is 4. The lowest BCUT2D eigenvalue weighted by Gasteiger charge is -2.40. The number of ether oxygens (including phenoxy) is 1. The van der Waals surface area contributed by atoms with Gasteiger partial charge in [-0.1, -0.05) is 81.5 Å². The van der Waals surface area contributed by atoms with E-state index in [1.54, 1.807) is 85.5 Å². The van der Waals surface area contributed by atoms with Gasteiger partial charge in [-0.2, -0.15) is 20.4 Å². The number of hydrogen-bond acceptors (Lipinski definition) is 15. The van der Waals surface area contributed by atoms with Crippen molar-refractivity contribution in [2.75, 3.05) is 124 Å². The third kappa shape index (κ3) is 31.6. The van der Waals surface area contributed by atoms with Crippen molar-refractivity contribution in [3.8, 4) is 47.4 Å². The molecule has 5 aliphatic rings. The van der Waals surface area contributed by atoms with E-state index in [-0.39, 0.29) is 64.2 Å². The van der Waals surface area contributed by atoms with E-state index in [4.69, 9.17) is 4.74 Å². The highest BCUT2D eigenvalue weighted by molar-refractivity contribution is 5.98. The van der Waals surface area contributed by atoms with Crippen LogP contribution < -0.4 is 40.9 Å². The zero-order chi connectivity index (χ0) is 97.8. The average molecular weight is 1890 g/mol. The van der Waals surface area contributed by atoms with E-state index < -0.39 is 0 Å². The van der Waals surface area contributed by atoms with Gasteiger partial charge in [-0.15, -0.1) is 0 Å². The highest BCUT2D eigenvalue weighted by Crippen LogP contribution is 2.36. The van der Waals surface area contributed by atoms with Crippen molar-refractivity contribution in [3.63, 3.8) is 0 Å². The lowest BCUT2D eigenvalue weighted by molar-refractivity contribution is -0.118. The number of anilines is 4. The number of Topliss-reactive ketones (excluding diaryl/α,β-unsaturated/α-hetero) is 1. The first-order valence-electron chi connectivity index (χ1n) is 48.6. The first-order chi connectivity index (χ1) is 68.1. The van der Waals surface area contributed by atoms with E-state index in [2.05, 4.69) is 157 Å². The Morgan fingerprint density at radius 2 is 0.743 bits per heavy atom. The normalized spacial score (nSPS) is 16.0. The number of carbonyl (C=O) groups is 5. The van der Waals surface area contributed by atoms with E-state index in [0.29, 0.717) is 91.0 Å². The van der Waals surface area contributed by atoms with Gasteiger partial charge in [-0.3, -0.25) is 44.4 Å². The number of morpholine rings is 1. The molecule has 5 fully saturated rings. The van der Waals surface area contributed by atoms with E-state index >= 15 is 0 Å². The molecule has 724 valence electrons. The second kappa shape index (κ2) is 51.6. The van der Waals surface area contributed by atoms with Crippen LogP contribution in [0.1, 0.15) is 213 Å². The summed E-state index contributed by atoms with van der Waals surface area (Å²) < 4.78 is 59.3. The van der Waals surface area contributed by atoms with Gasteiger partial charge in [0.1, 0.15) is 23.3 Å². The van der Waals surface area contributed by atoms with E-state index in [1.807, 2.05) is 90.4 Å². The van der Waals surface area contributed by atoms with Crippen molar-refractivity contribution in [1.82, 2.24) is 67.0 Å². The number of rotatable bonds is 26. The van der Waals surface area contributed by atoms with Crippen LogP contribution in [0.5, 0.6) is 0 Å². The molecule has 8 aromatic carbocycles. The summed E-state index contributed by atoms with van der Waals surface area (Å²) in [5, 5.41) is 38.9. The van der Waals surface area contributed by atoms with Crippen LogP contribution in [0.3, 0.4) is 0 Å². The summed E-state index contributed by atoms with van der Waals surface area (Å²) in [7, 11) is 0. The van der Waals surface area contributed by atoms with Gasteiger partial charge < -0.3 is 50.5 Å². The minimum atomic E-state index is -0.320. The number of H-pyrrole nitrogens is 4. The van der Waals surface area contributed by atoms with Crippen LogP contribution in [0.15, 0.2) is 219 Å². The Bertz CT molecular complexity index is 6150. The predicted octanol–water partition coefficient (Wildman–Crippen LogP) is 17.2. The largest absolute Gasteiger partial charge is 0.373 e. The van der Waals surface area contributed by atoms with Crippen molar-refractivity contribution in [2.24, 2.45) is 17.3 Å². The maximum atomic E-state index is 13.4. The molecule has 140 heavy (non-hydrogen) atoms. The number of halogens is 4. The van der Waals surface area contributed by atoms with Crippen LogP contribution in [-0.2, 0) is 35.2 Å². The number of nitrogens with zero attached hydrogens (tertiary/aromatic N) is 9. The minimum absolute atomic E-state index is 0.107. The number of aromatic nitrogens is 8. The molecule has 8 N–H and O–H groups in total. The topological polar surface area (TPSA) is 274 Å². The standard InChI is InChI=1S/C31H36FN5O2.2C28H31FN4O.C26H25FN4O2/c32-28-11-7-24(8-12-28)6-9-26-19-27(31(38)33-14-4-5-25-20-34-35-21-25)10-13-30(26)37-17-18-39-29(23-37)22-36-15-2-1-3-16-36;1-28(2)14-4-16-33(20-28)26-13-10-24(27(34)30-15-3-5-22-18-31-32-19-22)17-23(26)9-6-21-7-11-25(29)12-8-21;1-20-14-21(2)19-33(18-20)27-12-9-25(28(34)30-13-3-4-23-16-31-32-17-23)15-24(27)8-5-22-6-10-26(29)11-7-22;27-23-10-6-19(7-11-23)5-8-21-15-22(9-12-25(21)31-14-2-4-24(32)18-31)26(33)28-13-1-3-20-16-29-30-17-20/h7-8,10-13,19-21,29H,1-5,14-18,22-23H2,(H,33,38)(H,34,35);7-8,10-13,17-19H,3-5,14-16,20H2,1-2H3,(H,30,34)(H,31,32);6-7,9-12,15-17,20-21H,3-4,13-14,18-19H2,1-2H3,(H,30,34)(H,31,32);6-7,9-12,15-17H,1-4,13-14,18H2,(H,28,33)(H,29,30)/t;;20-,21+;. The van der Waals surface area contributed by atoms with Crippen LogP contribution >= 0.6 is 0 Å². The SMILES string of the molecule is CC1(C)CCCN(c2ccc(C(=O)NCCCc3cn[nH]c3)cc2C#Cc2ccc(F)cc2)C1.C[C@@H]1C[C@H](C)CN(c2ccc(C(=O)NCCCc3cn[nH]c3)cc2C#Cc2ccc(F)cc2)C1.O=C(NCCCc1cn[nH]c1)c1ccc(N2CCOC(CN3CCCCC3)C2)c(C#Cc2ccc(F)cc2)c1.O=C1CCCN(c2ccc(C(=O)NCCCc3cn[nH]c3)cc2C#Cc2ccc(F)cc2)C1. The Balaban J connectivity index is 0.000000149. The third-order valence-corrected chi connectivity index (χ3v) is 25.1. The Kier molecular flexibility index (Phi) is 37.3. The summed E-state index contributed by atoms with van der Waals surface area (Å²) in [6.45, 7) is 21.8. The molecule has 27 heteroatoms. The van der Waals surface area contributed by atoms with Crippen LogP contribution in [0.25, 0.3) is 0 Å². The molecule has 1 unspecified atom stereocenters. The fraction of sp³-hybridized carbons (Fsp3) is 0.354. The Morgan fingerprint density at radius 1 is 0.400 bits per heavy atom. The quantitative estimate of drug-likeness (QED) is 0.0142. The number of carbonyl (C=O) groups excluding carboxylic acids is 5. The van der Waals surface area contributed by atoms with E-state index in [0.717, 1.165) is 208 Å². The molecule has 17 rings (SSSR count). The Labute approximate surface area is 818 Å². The van der Waals surface area contributed by atoms with Crippen molar-refractivity contribution < 1.29 is 46.3 Å². The number of hydrogen-bond donors (Lipinski definition) is 8. The van der Waals surface area contributed by atoms with Crippen molar-refractivity contribution in [1.29, 1.82) is 0 Å². The Morgan fingerprint density at radius 3 is 1.09 bits per heavy atom. The van der Waals surface area contributed by atoms with Gasteiger partial charge in [0.05, 0.1) is 66.8 Å². The lowest BCUT2D eigenvalue weighted by atomic mass is 9.83. The number of piperidine rings is 4. The lowest BCUT2D eigenvalue weighted by Crippen LogP contribution is -2.48. The molecule has 5 aliphatic heterocycles. The molecule has 4 amide bonds. The summed E-state index contributed by atoms with van der Waals surface area (Å²) in [6.07, 6.45) is 30.2. The average Bonchev–Trinajstić information content (AvgIpc) is 1.36. The fourth-order valence-corrected chi connectivity index (χ4v) is 18.0. The van der Waals surface area contributed by atoms with Gasteiger partial charge in [0.2, 0.25) is 0 Å². The summed E-state index contributed by atoms with van der Waals surface area (Å²) in [6, 6.07) is 47.1. The van der Waals surface area contributed by atoms with Gasteiger partial charge in [0.15, 0.2) is 5.78 Å². The molecular weight excluding hydrogens is 1770 g/mol. The molecule has 23 nitrogen and oxygen atoms in total. The minimum Gasteiger partial charge on any atom is -0.373 e. The van der Waals surface area contributed by atoms with Crippen molar-refractivity contribution in [2.45, 2.75) is 137 Å². The third-order valence-electron chi connectivity index (χ3n) is 25.1. The fourth-order valence-electron chi connectivity index (χ4n) is 18.0. The zero-order valence-corrected chi connectivity index (χ0v) is 80.1. The maximum Gasteiger partial charge on any atom is 0.251 e. The predicted molar refractivity (Wildman–Crippen MR) is 541 cm³/mol. The molecule has 0 aliphatic carbocycles. The van der Waals surface area contributed by atoms with Crippen LogP contribution in [-0.4, -0.2) is 186 Å². The summed E-state index contributed by atoms with van der Waals surface area (Å²) in [5.74, 6) is 25.1. The zero-order valence-electron chi connectivity index (χ0n) is 80.1. The van der Waals surface area contributed by atoms with Crippen LogP contribution in [0.2, 0.25) is 0 Å². The van der Waals surface area contributed by atoms with Crippen LogP contribution in [0.4, 0.5) is 40.3 Å². The summed E-state index contributed by atoms with van der Waals surface area (Å²) in [4.78, 5) is 74.9. The van der Waals surface area contributed by atoms with Gasteiger partial charge in [0.25, 0.3) is 23.6 Å². The maximum absolute atomic E-state index is 13.4. The van der Waals surface area contributed by atoms with E-state index in [1.165, 1.54) is 80.6 Å². The Hall–Kier alpha value is -14.8. The molecular formula is C113H123F4N17O6. The highest BCUT2D eigenvalue weighted by atomic mass is 19.1. The second-order valence-corrected chi connectivity index (χ2v) is 37.2. The molecule has 0 spiro atoms.